The van der Waals surface area contributed by atoms with Gasteiger partial charge in [-0.3, -0.25) is 0 Å². The minimum absolute atomic E-state index is 0.550. The van der Waals surface area contributed by atoms with Gasteiger partial charge in [-0.1, -0.05) is 0 Å². The summed E-state index contributed by atoms with van der Waals surface area (Å²) >= 11 is 0. The first-order valence-electron chi connectivity index (χ1n) is 1.97. The number of nitro groups is 1. The largest absolute Gasteiger partial charge is 0.549 e. The van der Waals surface area contributed by atoms with Crippen molar-refractivity contribution < 1.29 is 23.0 Å². The average Bonchev–Trinajstić information content (AvgIpc) is 1.80. The van der Waals surface area contributed by atoms with Crippen molar-refractivity contribution in [2.24, 2.45) is 0 Å². The zero-order valence-corrected chi connectivity index (χ0v) is 4.70. The smallest absolute Gasteiger partial charge is 0.232 e. The lowest BCUT2D eigenvalue weighted by atomic mass is 11.3. The third-order valence-electron chi connectivity index (χ3n) is 0.424. The van der Waals surface area contributed by atoms with Crippen LogP contribution in [0.1, 0.15) is 0 Å². The van der Waals surface area contributed by atoms with E-state index in [1.54, 1.807) is 0 Å². The number of halogens is 3. The van der Waals surface area contributed by atoms with E-state index in [0.717, 1.165) is 0 Å². The van der Waals surface area contributed by atoms with Crippen LogP contribution in [0.25, 0.3) is 0 Å². The fourth-order valence-corrected chi connectivity index (χ4v) is 0.188. The van der Waals surface area contributed by atoms with Crippen LogP contribution in [0.4, 0.5) is 13.2 Å². The standard InChI is InChI=1S/C2F3N3O3/c3-2(4,5)11-7(1-6)8(9)10. The molecule has 0 amide bonds. The molecular weight excluding hydrogens is 171 g/mol. The monoisotopic (exact) mass is 171 g/mol. The Morgan fingerprint density at radius 3 is 2.18 bits per heavy atom. The molecule has 0 rings (SSSR count). The highest BCUT2D eigenvalue weighted by molar-refractivity contribution is 4.53. The van der Waals surface area contributed by atoms with Crippen molar-refractivity contribution in [2.45, 2.75) is 6.36 Å². The molecular formula is C2F3N3O3. The maximum absolute atomic E-state index is 11.1. The van der Waals surface area contributed by atoms with E-state index in [-0.39, 0.29) is 0 Å². The molecule has 0 aromatic rings. The van der Waals surface area contributed by atoms with E-state index in [4.69, 9.17) is 5.26 Å². The van der Waals surface area contributed by atoms with Crippen LogP contribution in [-0.2, 0) is 4.84 Å². The molecule has 0 saturated carbocycles. The van der Waals surface area contributed by atoms with Crippen LogP contribution >= 0.6 is 0 Å². The molecule has 6 nitrogen and oxygen atoms in total. The molecule has 0 bridgehead atoms. The van der Waals surface area contributed by atoms with Crippen LogP contribution in [-0.4, -0.2) is 16.6 Å². The summed E-state index contributed by atoms with van der Waals surface area (Å²) in [7, 11) is 0. The van der Waals surface area contributed by atoms with Crippen LogP contribution in [0.2, 0.25) is 0 Å². The summed E-state index contributed by atoms with van der Waals surface area (Å²) in [6.45, 7) is 0. The van der Waals surface area contributed by atoms with Gasteiger partial charge in [0.05, 0.1) is 0 Å². The lowest BCUT2D eigenvalue weighted by Gasteiger charge is -2.05. The highest BCUT2D eigenvalue weighted by Gasteiger charge is 2.38. The van der Waals surface area contributed by atoms with Crippen molar-refractivity contribution >= 4 is 0 Å². The fraction of sp³-hybridized carbons (Fsp3) is 0.500. The second-order valence-electron chi connectivity index (χ2n) is 1.15. The second-order valence-corrected chi connectivity index (χ2v) is 1.15. The van der Waals surface area contributed by atoms with Gasteiger partial charge in [0.25, 0.3) is 6.19 Å². The van der Waals surface area contributed by atoms with Crippen molar-refractivity contribution in [3.63, 3.8) is 0 Å². The Morgan fingerprint density at radius 1 is 1.64 bits per heavy atom. The minimum Gasteiger partial charge on any atom is -0.232 e. The quantitative estimate of drug-likeness (QED) is 0.260. The molecule has 0 spiro atoms. The second kappa shape index (κ2) is 3.02. The van der Waals surface area contributed by atoms with Gasteiger partial charge in [-0.15, -0.1) is 18.0 Å². The molecule has 0 saturated heterocycles. The Balaban J connectivity index is 4.13. The Morgan fingerprint density at radius 2 is 2.09 bits per heavy atom. The SMILES string of the molecule is N#CN(OC(F)(F)F)[N+](=O)[O-]. The minimum atomic E-state index is -5.23. The third-order valence-corrected chi connectivity index (χ3v) is 0.424. The third kappa shape index (κ3) is 3.93. The summed E-state index contributed by atoms with van der Waals surface area (Å²) in [4.78, 5) is 12.1. The van der Waals surface area contributed by atoms with E-state index in [9.17, 15) is 23.3 Å². The lowest BCUT2D eigenvalue weighted by molar-refractivity contribution is -0.738. The molecule has 0 aliphatic rings. The highest BCUT2D eigenvalue weighted by Crippen LogP contribution is 2.17. The summed E-state index contributed by atoms with van der Waals surface area (Å²) in [5.74, 6) is 0. The van der Waals surface area contributed by atoms with Crippen molar-refractivity contribution in [3.05, 3.63) is 10.1 Å². The number of hydrazine groups is 1. The van der Waals surface area contributed by atoms with Gasteiger partial charge in [0.15, 0.2) is 0 Å². The normalized spacial score (nSPS) is 10.4. The molecule has 0 aromatic heterocycles. The number of rotatable bonds is 2. The van der Waals surface area contributed by atoms with Crippen LogP contribution in [0.3, 0.4) is 0 Å². The molecule has 9 heteroatoms. The maximum atomic E-state index is 11.1. The van der Waals surface area contributed by atoms with E-state index < -0.39 is 16.6 Å². The predicted molar refractivity (Wildman–Crippen MR) is 21.6 cm³/mol. The summed E-state index contributed by atoms with van der Waals surface area (Å²) < 4.78 is 33.4. The summed E-state index contributed by atoms with van der Waals surface area (Å²) in [5, 5.41) is 14.4. The van der Waals surface area contributed by atoms with Gasteiger partial charge in [-0.05, 0) is 0 Å². The Labute approximate surface area is 57.4 Å². The van der Waals surface area contributed by atoms with E-state index in [0.29, 0.717) is 6.19 Å². The highest BCUT2D eigenvalue weighted by atomic mass is 19.4. The molecule has 0 N–H and O–H groups in total. The number of alkyl halides is 3. The zero-order chi connectivity index (χ0) is 9.07. The van der Waals surface area contributed by atoms with Crippen LogP contribution in [0, 0.1) is 21.6 Å². The van der Waals surface area contributed by atoms with Crippen molar-refractivity contribution in [1.82, 2.24) is 5.17 Å². The van der Waals surface area contributed by atoms with Crippen LogP contribution < -0.4 is 0 Å². The van der Waals surface area contributed by atoms with Gasteiger partial charge in [0.2, 0.25) is 5.03 Å². The van der Waals surface area contributed by atoms with E-state index in [1.165, 1.54) is 0 Å². The zero-order valence-electron chi connectivity index (χ0n) is 4.70. The molecule has 62 valence electrons. The molecule has 11 heavy (non-hydrogen) atoms. The van der Waals surface area contributed by atoms with Crippen molar-refractivity contribution in [3.8, 4) is 6.19 Å². The lowest BCUT2D eigenvalue weighted by Crippen LogP contribution is -2.32. The first kappa shape index (κ1) is 9.44. The molecule has 0 fully saturated rings. The first-order chi connectivity index (χ1) is 4.87. The van der Waals surface area contributed by atoms with Crippen LogP contribution in [0.5, 0.6) is 0 Å². The Hall–Kier alpha value is -1.56. The van der Waals surface area contributed by atoms with Crippen molar-refractivity contribution in [2.75, 3.05) is 0 Å². The summed E-state index contributed by atoms with van der Waals surface area (Å²) in [5.41, 5.74) is 0. The predicted octanol–water partition coefficient (Wildman–Crippen LogP) is 0.413. The van der Waals surface area contributed by atoms with Crippen molar-refractivity contribution in [1.29, 1.82) is 5.26 Å². The van der Waals surface area contributed by atoms with Gasteiger partial charge in [0.1, 0.15) is 5.17 Å². The molecule has 0 atom stereocenters. The number of hydroxylamine groups is 1. The summed E-state index contributed by atoms with van der Waals surface area (Å²) in [6, 6.07) is 0. The Bertz CT molecular complexity index is 195. The summed E-state index contributed by atoms with van der Waals surface area (Å²) in [6.07, 6.45) is -4.68. The number of hydrogen-bond donors (Lipinski definition) is 0. The first-order valence-corrected chi connectivity index (χ1v) is 1.97. The molecule has 0 heterocycles. The molecule has 0 unspecified atom stereocenters. The molecule has 0 radical (unpaired) electrons. The molecule has 0 aromatic carbocycles. The average molecular weight is 171 g/mol. The van der Waals surface area contributed by atoms with E-state index in [1.807, 2.05) is 0 Å². The van der Waals surface area contributed by atoms with E-state index >= 15 is 0 Å². The topological polar surface area (TPSA) is 79.4 Å². The van der Waals surface area contributed by atoms with E-state index in [2.05, 4.69) is 4.84 Å². The van der Waals surface area contributed by atoms with Gasteiger partial charge in [-0.25, -0.2) is 10.1 Å². The van der Waals surface area contributed by atoms with Gasteiger partial charge < -0.3 is 0 Å². The van der Waals surface area contributed by atoms with Crippen LogP contribution in [0.15, 0.2) is 0 Å². The number of nitrogens with zero attached hydrogens (tertiary/aromatic N) is 3. The maximum Gasteiger partial charge on any atom is 0.549 e. The van der Waals surface area contributed by atoms with Gasteiger partial charge in [-0.2, -0.15) is 5.26 Å². The Kier molecular flexibility index (Phi) is 2.59. The number of nitriles is 1. The van der Waals surface area contributed by atoms with Gasteiger partial charge >= 0.3 is 6.36 Å². The molecule has 0 aliphatic heterocycles. The number of hydrogen-bond acceptors (Lipinski definition) is 4. The fourth-order valence-electron chi connectivity index (χ4n) is 0.188. The molecule has 0 aliphatic carbocycles. The van der Waals surface area contributed by atoms with Gasteiger partial charge in [0, 0.05) is 0 Å².